The van der Waals surface area contributed by atoms with Crippen molar-refractivity contribution in [2.24, 2.45) is 0 Å². The van der Waals surface area contributed by atoms with Crippen LogP contribution in [0.1, 0.15) is 35.2 Å². The van der Waals surface area contributed by atoms with E-state index in [1.165, 1.54) is 32.2 Å². The molecule has 0 saturated carbocycles. The largest absolute Gasteiger partial charge is 0.495 e. The zero-order chi connectivity index (χ0) is 25.6. The van der Waals surface area contributed by atoms with E-state index in [4.69, 9.17) is 19.8 Å². The number of piperazine rings is 1. The van der Waals surface area contributed by atoms with Gasteiger partial charge in [-0.3, -0.25) is 9.69 Å². The minimum Gasteiger partial charge on any atom is -0.495 e. The number of benzene rings is 1. The Morgan fingerprint density at radius 2 is 2.36 bits per heavy atom. The molecule has 1 aromatic rings. The van der Waals surface area contributed by atoms with Crippen LogP contribution in [0.3, 0.4) is 0 Å². The normalized spacial score (nSPS) is 35.1. The average molecular weight is 317 g/mol. The molecule has 5 nitrogen and oxygen atoms in total. The smallest absolute Gasteiger partial charge is 0.307 e. The maximum atomic E-state index is 12.3. The van der Waals surface area contributed by atoms with E-state index in [2.05, 4.69) is 4.74 Å². The number of para-hydroxylation sites is 2. The van der Waals surface area contributed by atoms with E-state index >= 15 is 0 Å². The molecule has 1 fully saturated rings. The van der Waals surface area contributed by atoms with Crippen LogP contribution in [-0.4, -0.2) is 56.7 Å². The molecule has 1 aliphatic heterocycles. The molecular formula is C17H26N2O3. The first kappa shape index (κ1) is 7.21. The van der Waals surface area contributed by atoms with Crippen LogP contribution in [0.2, 0.25) is 0 Å². The monoisotopic (exact) mass is 317 g/mol. The summed E-state index contributed by atoms with van der Waals surface area (Å²) in [5.74, 6) is -1.58. The molecule has 1 heterocycles. The molecule has 0 spiro atoms. The molecule has 2 rings (SSSR count). The highest BCUT2D eigenvalue weighted by Gasteiger charge is 2.24. The van der Waals surface area contributed by atoms with E-state index in [1.807, 2.05) is 0 Å². The lowest BCUT2D eigenvalue weighted by Crippen LogP contribution is -2.50. The van der Waals surface area contributed by atoms with Crippen LogP contribution in [0.15, 0.2) is 24.3 Å². The number of hydrogen-bond donors (Lipinski definition) is 0. The maximum absolute atomic E-state index is 12.3. The Bertz CT molecular complexity index is 880. The van der Waals surface area contributed by atoms with Gasteiger partial charge in [-0.15, -0.1) is 0 Å². The molecule has 1 aromatic carbocycles. The predicted molar refractivity (Wildman–Crippen MR) is 87.5 cm³/mol. The van der Waals surface area contributed by atoms with E-state index in [0.717, 1.165) is 4.90 Å². The van der Waals surface area contributed by atoms with Gasteiger partial charge < -0.3 is 14.4 Å². The summed E-state index contributed by atoms with van der Waals surface area (Å²) in [4.78, 5) is 13.2. The third kappa shape index (κ3) is 4.13. The van der Waals surface area contributed by atoms with E-state index in [-0.39, 0.29) is 22.9 Å². The standard InChI is InChI=1S/C17H26N2O3/c1-4-22-17(20)13-14(2)18-9-11-19(12-10-18)15-7-5-6-8-16(15)21-3/h5-8,14H,4,9-13H2,1-3H3/i2D3,9D2,11D2,12D,13D2,14D. The van der Waals surface area contributed by atoms with Gasteiger partial charge in [-0.25, -0.2) is 0 Å². The van der Waals surface area contributed by atoms with Gasteiger partial charge in [-0.1, -0.05) is 12.1 Å². The summed E-state index contributed by atoms with van der Waals surface area (Å²) in [5.41, 5.74) is 0.00592. The SMILES string of the molecule is [2H]C1CN(C([2H])(C([2H])([2H])[2H])C([2H])([2H])C(=O)OCC)C([2H])([2H])C([2H])([2H])N1c1ccccc1OC. The number of esters is 1. The number of methoxy groups -OCH3 is 1. The topological polar surface area (TPSA) is 42.0 Å². The summed E-state index contributed by atoms with van der Waals surface area (Å²) < 4.78 is 101. The number of anilines is 1. The first-order chi connectivity index (χ1) is 14.9. The van der Waals surface area contributed by atoms with Crippen LogP contribution >= 0.6 is 0 Å². The molecule has 0 radical (unpaired) electrons. The molecule has 2 atom stereocenters. The van der Waals surface area contributed by atoms with E-state index in [0.29, 0.717) is 0 Å². The minimum atomic E-state index is -3.64. The van der Waals surface area contributed by atoms with Crippen molar-refractivity contribution in [3.63, 3.8) is 0 Å². The van der Waals surface area contributed by atoms with Gasteiger partial charge in [0.2, 0.25) is 0 Å². The zero-order valence-electron chi connectivity index (χ0n) is 23.4. The number of rotatable bonds is 6. The van der Waals surface area contributed by atoms with Crippen LogP contribution in [0, 0.1) is 0 Å². The van der Waals surface area contributed by atoms with Crippen LogP contribution in [0.4, 0.5) is 5.69 Å². The first-order valence-electron chi connectivity index (χ1n) is 12.3. The Morgan fingerprint density at radius 1 is 1.55 bits per heavy atom. The van der Waals surface area contributed by atoms with Crippen LogP contribution in [0.5, 0.6) is 5.75 Å². The van der Waals surface area contributed by atoms with Crippen molar-refractivity contribution in [2.45, 2.75) is 26.2 Å². The molecule has 0 bridgehead atoms. The second kappa shape index (κ2) is 8.03. The second-order valence-corrected chi connectivity index (χ2v) is 4.25. The third-order valence-corrected chi connectivity index (χ3v) is 2.86. The molecule has 2 unspecified atom stereocenters. The summed E-state index contributed by atoms with van der Waals surface area (Å²) in [7, 11) is 1.30. The van der Waals surface area contributed by atoms with Crippen molar-refractivity contribution in [3.8, 4) is 5.75 Å². The van der Waals surface area contributed by atoms with Gasteiger partial charge in [-0.2, -0.15) is 0 Å². The highest BCUT2D eigenvalue weighted by atomic mass is 16.5. The molecule has 0 aromatic heterocycles. The number of hydrogen-bond acceptors (Lipinski definition) is 5. The second-order valence-electron chi connectivity index (χ2n) is 4.25. The number of ether oxygens (including phenoxy) is 2. The van der Waals surface area contributed by atoms with E-state index in [9.17, 15) is 4.79 Å². The number of carbonyl (C=O) groups excluding carboxylic acids is 1. The molecule has 122 valence electrons. The fraction of sp³-hybridized carbons (Fsp3) is 0.588. The van der Waals surface area contributed by atoms with Gasteiger partial charge in [0.05, 0.1) is 29.9 Å². The Morgan fingerprint density at radius 3 is 3.09 bits per heavy atom. The van der Waals surface area contributed by atoms with Crippen molar-refractivity contribution in [1.29, 1.82) is 0 Å². The summed E-state index contributed by atoms with van der Waals surface area (Å²) in [6.45, 7) is -11.8. The lowest BCUT2D eigenvalue weighted by atomic mass is 10.1. The van der Waals surface area contributed by atoms with Gasteiger partial charge in [0.25, 0.3) is 0 Å². The van der Waals surface area contributed by atoms with Gasteiger partial charge in [-0.05, 0) is 25.9 Å². The summed E-state index contributed by atoms with van der Waals surface area (Å²) in [5, 5.41) is 0. The number of nitrogens with zero attached hydrogens (tertiary/aromatic N) is 2. The van der Waals surface area contributed by atoms with Crippen molar-refractivity contribution in [2.75, 3.05) is 44.7 Å². The lowest BCUT2D eigenvalue weighted by Gasteiger charge is -2.39. The van der Waals surface area contributed by atoms with Gasteiger partial charge in [0.1, 0.15) is 5.75 Å². The van der Waals surface area contributed by atoms with Crippen molar-refractivity contribution in [3.05, 3.63) is 24.3 Å². The first-order valence-corrected chi connectivity index (χ1v) is 6.72. The van der Waals surface area contributed by atoms with E-state index < -0.39 is 51.3 Å². The fourth-order valence-corrected chi connectivity index (χ4v) is 1.83. The summed E-state index contributed by atoms with van der Waals surface area (Å²) >= 11 is 0. The lowest BCUT2D eigenvalue weighted by molar-refractivity contribution is -0.144. The van der Waals surface area contributed by atoms with Crippen LogP contribution < -0.4 is 9.64 Å². The highest BCUT2D eigenvalue weighted by molar-refractivity contribution is 5.70. The third-order valence-electron chi connectivity index (χ3n) is 2.86. The average Bonchev–Trinajstić information content (AvgIpc) is 2.69. The predicted octanol–water partition coefficient (Wildman–Crippen LogP) is 2.16. The quantitative estimate of drug-likeness (QED) is 0.752. The Kier molecular flexibility index (Phi) is 2.63. The zero-order valence-corrected chi connectivity index (χ0v) is 12.4. The molecule has 1 aliphatic rings. The van der Waals surface area contributed by atoms with Crippen molar-refractivity contribution in [1.82, 2.24) is 4.90 Å². The van der Waals surface area contributed by atoms with Crippen LogP contribution in [0.25, 0.3) is 0 Å². The number of carbonyl (C=O) groups is 1. The van der Waals surface area contributed by atoms with Crippen molar-refractivity contribution >= 4 is 11.7 Å². The maximum Gasteiger partial charge on any atom is 0.307 e. The summed E-state index contributed by atoms with van der Waals surface area (Å²) in [6.07, 6.45) is -3.61. The Labute approximate surface area is 148 Å². The molecule has 1 saturated heterocycles. The van der Waals surface area contributed by atoms with Gasteiger partial charge >= 0.3 is 5.97 Å². The fourth-order valence-electron chi connectivity index (χ4n) is 1.83. The molecule has 0 N–H and O–H groups in total. The highest BCUT2D eigenvalue weighted by Crippen LogP contribution is 2.28. The van der Waals surface area contributed by atoms with Gasteiger partial charge in [0, 0.05) is 43.0 Å². The Balaban J connectivity index is 2.73. The Hall–Kier alpha value is -1.75. The van der Waals surface area contributed by atoms with Crippen molar-refractivity contribution < 1.29 is 29.3 Å². The van der Waals surface area contributed by atoms with E-state index in [1.54, 1.807) is 6.07 Å². The molecular weight excluding hydrogens is 280 g/mol. The summed E-state index contributed by atoms with van der Waals surface area (Å²) in [6, 6.07) is 2.32. The molecule has 5 heteroatoms. The minimum absolute atomic E-state index is 0.00592. The van der Waals surface area contributed by atoms with Gasteiger partial charge in [0.15, 0.2) is 0 Å². The molecule has 0 aliphatic carbocycles. The molecule has 22 heavy (non-hydrogen) atoms. The molecule has 0 amide bonds. The van der Waals surface area contributed by atoms with Crippen LogP contribution in [-0.2, 0) is 9.53 Å².